The standard InChI is InChI=1S/C20H23N5O2S.C9H18F2/c1-13-6-5-7-15(22-13)16-12-28-19(23-16)24-17(26)10-21-18(27)14-8-9-25(11-14)20(2,3)4;1-4-8(3)6-7-9(10,11)5-2/h5-9,11-12H,10H2,1-4H3,(H,21,27)(H,23,24,26);8H,4-7H2,1-3H3. The summed E-state index contributed by atoms with van der Waals surface area (Å²) in [6.07, 6.45) is 5.31. The normalized spacial score (nSPS) is 12.3. The van der Waals surface area contributed by atoms with Crippen molar-refractivity contribution >= 4 is 28.3 Å². The van der Waals surface area contributed by atoms with Crippen molar-refractivity contribution in [3.05, 3.63) is 53.3 Å². The van der Waals surface area contributed by atoms with Crippen LogP contribution < -0.4 is 10.6 Å². The molecule has 0 spiro atoms. The molecule has 0 bridgehead atoms. The first-order valence-corrected chi connectivity index (χ1v) is 14.2. The number of hydrogen-bond acceptors (Lipinski definition) is 5. The van der Waals surface area contributed by atoms with Crippen molar-refractivity contribution < 1.29 is 18.4 Å². The molecule has 3 rings (SSSR count). The highest BCUT2D eigenvalue weighted by atomic mass is 32.1. The lowest BCUT2D eigenvalue weighted by Gasteiger charge is -2.20. The average Bonchev–Trinajstić information content (AvgIpc) is 3.57. The fourth-order valence-electron chi connectivity index (χ4n) is 3.35. The van der Waals surface area contributed by atoms with Crippen LogP contribution in [0.5, 0.6) is 0 Å². The minimum Gasteiger partial charge on any atom is -0.348 e. The Bertz CT molecular complexity index is 1220. The number of hydrogen-bond donors (Lipinski definition) is 2. The maximum Gasteiger partial charge on any atom is 0.253 e. The lowest BCUT2D eigenvalue weighted by atomic mass is 9.99. The van der Waals surface area contributed by atoms with Crippen molar-refractivity contribution in [2.75, 3.05) is 11.9 Å². The second-order valence-corrected chi connectivity index (χ2v) is 11.5. The molecule has 0 aliphatic carbocycles. The van der Waals surface area contributed by atoms with E-state index in [-0.39, 0.29) is 36.7 Å². The van der Waals surface area contributed by atoms with Crippen molar-refractivity contribution in [1.82, 2.24) is 19.9 Å². The van der Waals surface area contributed by atoms with Gasteiger partial charge in [0.2, 0.25) is 11.8 Å². The molecule has 10 heteroatoms. The number of pyridine rings is 1. The van der Waals surface area contributed by atoms with E-state index in [9.17, 15) is 18.4 Å². The van der Waals surface area contributed by atoms with E-state index < -0.39 is 5.92 Å². The number of carbonyl (C=O) groups is 2. The third-order valence-corrected chi connectivity index (χ3v) is 7.02. The van der Waals surface area contributed by atoms with Crippen molar-refractivity contribution in [3.63, 3.8) is 0 Å². The Morgan fingerprint density at radius 3 is 2.41 bits per heavy atom. The molecule has 3 aromatic rings. The quantitative estimate of drug-likeness (QED) is 0.272. The predicted molar refractivity (Wildman–Crippen MR) is 154 cm³/mol. The van der Waals surface area contributed by atoms with Gasteiger partial charge in [-0.2, -0.15) is 0 Å². The summed E-state index contributed by atoms with van der Waals surface area (Å²) >= 11 is 1.32. The Morgan fingerprint density at radius 2 is 1.82 bits per heavy atom. The smallest absolute Gasteiger partial charge is 0.253 e. The topological polar surface area (TPSA) is 88.9 Å². The number of halogens is 2. The molecule has 3 heterocycles. The minimum atomic E-state index is -2.43. The van der Waals surface area contributed by atoms with Crippen molar-refractivity contribution in [1.29, 1.82) is 0 Å². The van der Waals surface area contributed by atoms with Gasteiger partial charge in [-0.05, 0) is 58.2 Å². The van der Waals surface area contributed by atoms with Crippen LogP contribution in [0, 0.1) is 12.8 Å². The maximum atomic E-state index is 12.6. The molecule has 39 heavy (non-hydrogen) atoms. The van der Waals surface area contributed by atoms with Gasteiger partial charge < -0.3 is 15.2 Å². The van der Waals surface area contributed by atoms with Gasteiger partial charge >= 0.3 is 0 Å². The molecule has 0 aliphatic heterocycles. The highest BCUT2D eigenvalue weighted by Crippen LogP contribution is 2.27. The molecular weight excluding hydrogens is 520 g/mol. The molecule has 0 aromatic carbocycles. The summed E-state index contributed by atoms with van der Waals surface area (Å²) in [5.74, 6) is -2.61. The second-order valence-electron chi connectivity index (χ2n) is 10.7. The molecule has 1 atom stereocenters. The zero-order valence-electron chi connectivity index (χ0n) is 24.0. The van der Waals surface area contributed by atoms with Crippen molar-refractivity contribution in [2.24, 2.45) is 5.92 Å². The molecule has 0 aliphatic rings. The summed E-state index contributed by atoms with van der Waals surface area (Å²) in [4.78, 5) is 33.2. The minimum absolute atomic E-state index is 0.0244. The maximum absolute atomic E-state index is 12.6. The predicted octanol–water partition coefficient (Wildman–Crippen LogP) is 7.30. The lowest BCUT2D eigenvalue weighted by Crippen LogP contribution is -2.32. The van der Waals surface area contributed by atoms with E-state index in [1.165, 1.54) is 18.3 Å². The van der Waals surface area contributed by atoms with Gasteiger partial charge in [-0.3, -0.25) is 14.6 Å². The Balaban J connectivity index is 0.000000411. The number of aryl methyl sites for hydroxylation is 1. The molecule has 0 fully saturated rings. The van der Waals surface area contributed by atoms with Crippen LogP contribution in [0.2, 0.25) is 0 Å². The molecule has 2 N–H and O–H groups in total. The van der Waals surface area contributed by atoms with E-state index >= 15 is 0 Å². The molecule has 3 aromatic heterocycles. The van der Waals surface area contributed by atoms with Gasteiger partial charge in [0.05, 0.1) is 17.8 Å². The number of nitrogens with one attached hydrogen (secondary N) is 2. The van der Waals surface area contributed by atoms with Gasteiger partial charge in [0.1, 0.15) is 5.69 Å². The van der Waals surface area contributed by atoms with Gasteiger partial charge in [-0.25, -0.2) is 13.8 Å². The lowest BCUT2D eigenvalue weighted by molar-refractivity contribution is -0.115. The summed E-state index contributed by atoms with van der Waals surface area (Å²) in [6.45, 7) is 13.5. The van der Waals surface area contributed by atoms with Crippen LogP contribution in [0.3, 0.4) is 0 Å². The van der Waals surface area contributed by atoms with Gasteiger partial charge in [0, 0.05) is 41.8 Å². The average molecular weight is 562 g/mol. The van der Waals surface area contributed by atoms with E-state index in [0.717, 1.165) is 17.8 Å². The Kier molecular flexibility index (Phi) is 11.8. The molecule has 214 valence electrons. The molecule has 0 radical (unpaired) electrons. The van der Waals surface area contributed by atoms with Crippen LogP contribution in [0.1, 0.15) is 83.3 Å². The van der Waals surface area contributed by atoms with Crippen LogP contribution in [0.4, 0.5) is 13.9 Å². The third-order valence-electron chi connectivity index (χ3n) is 6.26. The van der Waals surface area contributed by atoms with Crippen molar-refractivity contribution in [2.45, 2.75) is 85.6 Å². The number of alkyl halides is 2. The van der Waals surface area contributed by atoms with Crippen LogP contribution >= 0.6 is 11.3 Å². The van der Waals surface area contributed by atoms with E-state index in [1.807, 2.05) is 55.1 Å². The van der Waals surface area contributed by atoms with E-state index in [4.69, 9.17) is 0 Å². The fourth-order valence-corrected chi connectivity index (χ4v) is 4.07. The first-order chi connectivity index (χ1) is 18.2. The molecule has 0 saturated carbocycles. The number of nitrogens with zero attached hydrogens (tertiary/aromatic N) is 3. The summed E-state index contributed by atoms with van der Waals surface area (Å²) in [5.41, 5.74) is 2.78. The van der Waals surface area contributed by atoms with Crippen LogP contribution in [-0.4, -0.2) is 38.8 Å². The third kappa shape index (κ3) is 10.9. The zero-order valence-corrected chi connectivity index (χ0v) is 24.8. The SMILES string of the molecule is CCC(C)CCC(F)(F)CC.Cc1cccc(-c2csc(NC(=O)CNC(=O)c3ccn(C(C)(C)C)c3)n2)n1. The summed E-state index contributed by atoms with van der Waals surface area (Å²) in [5, 5.41) is 7.64. The van der Waals surface area contributed by atoms with E-state index in [1.54, 1.807) is 12.3 Å². The number of carbonyl (C=O) groups excluding carboxylic acids is 2. The van der Waals surface area contributed by atoms with Gasteiger partial charge in [-0.15, -0.1) is 11.3 Å². The van der Waals surface area contributed by atoms with Crippen LogP contribution in [0.15, 0.2) is 42.0 Å². The largest absolute Gasteiger partial charge is 0.348 e. The number of rotatable bonds is 10. The molecule has 1 unspecified atom stereocenters. The first-order valence-electron chi connectivity index (χ1n) is 13.3. The van der Waals surface area contributed by atoms with Crippen LogP contribution in [-0.2, 0) is 10.3 Å². The van der Waals surface area contributed by atoms with Gasteiger partial charge in [-0.1, -0.05) is 33.3 Å². The number of amides is 2. The highest BCUT2D eigenvalue weighted by Gasteiger charge is 2.25. The zero-order chi connectivity index (χ0) is 29.2. The van der Waals surface area contributed by atoms with Crippen molar-refractivity contribution in [3.8, 4) is 11.4 Å². The van der Waals surface area contributed by atoms with Crippen LogP contribution in [0.25, 0.3) is 11.4 Å². The number of anilines is 1. The Hall–Kier alpha value is -3.14. The Morgan fingerprint density at radius 1 is 1.10 bits per heavy atom. The summed E-state index contributed by atoms with van der Waals surface area (Å²) in [7, 11) is 0. The second kappa shape index (κ2) is 14.3. The van der Waals surface area contributed by atoms with Gasteiger partial charge in [0.25, 0.3) is 5.91 Å². The Labute approximate surface area is 234 Å². The molecule has 0 saturated heterocycles. The number of thiazole rings is 1. The van der Waals surface area contributed by atoms with E-state index in [0.29, 0.717) is 28.7 Å². The fraction of sp³-hybridized carbons (Fsp3) is 0.517. The van der Waals surface area contributed by atoms with E-state index in [2.05, 4.69) is 41.4 Å². The van der Waals surface area contributed by atoms with Gasteiger partial charge in [0.15, 0.2) is 5.13 Å². The molecular formula is C29H41F2N5O2S. The number of aromatic nitrogens is 3. The molecule has 7 nitrogen and oxygen atoms in total. The summed E-state index contributed by atoms with van der Waals surface area (Å²) in [6, 6.07) is 7.44. The monoisotopic (exact) mass is 561 g/mol. The molecule has 2 amide bonds. The highest BCUT2D eigenvalue weighted by molar-refractivity contribution is 7.14. The summed E-state index contributed by atoms with van der Waals surface area (Å²) < 4.78 is 27.3. The first kappa shape index (κ1) is 32.1.